The van der Waals surface area contributed by atoms with Gasteiger partial charge in [-0.05, 0) is 12.1 Å². The van der Waals surface area contributed by atoms with Crippen LogP contribution in [0.3, 0.4) is 0 Å². The summed E-state index contributed by atoms with van der Waals surface area (Å²) in [4.78, 5) is 3.86. The van der Waals surface area contributed by atoms with E-state index in [0.29, 0.717) is 0 Å². The molecule has 0 fully saturated rings. The predicted molar refractivity (Wildman–Crippen MR) is 42.5 cm³/mol. The Morgan fingerprint density at radius 1 is 1.27 bits per heavy atom. The first-order chi connectivity index (χ1) is 5.47. The minimum atomic E-state index is 0.821. The van der Waals surface area contributed by atoms with Crippen LogP contribution in [0.25, 0.3) is 0 Å². The Kier molecular flexibility index (Phi) is 1.44. The van der Waals surface area contributed by atoms with E-state index in [0.717, 1.165) is 11.3 Å². The van der Waals surface area contributed by atoms with Crippen molar-refractivity contribution < 1.29 is 4.74 Å². The lowest BCUT2D eigenvalue weighted by molar-refractivity contribution is 0.478. The van der Waals surface area contributed by atoms with Crippen LogP contribution < -0.4 is 4.74 Å². The van der Waals surface area contributed by atoms with Gasteiger partial charge >= 0.3 is 0 Å². The lowest BCUT2D eigenvalue weighted by Gasteiger charge is -1.99. The van der Waals surface area contributed by atoms with Crippen LogP contribution in [0, 0.1) is 6.20 Å². The van der Waals surface area contributed by atoms with Crippen molar-refractivity contribution in [1.82, 2.24) is 0 Å². The highest BCUT2D eigenvalue weighted by Crippen LogP contribution is 2.17. The van der Waals surface area contributed by atoms with E-state index in [1.54, 1.807) is 6.21 Å². The van der Waals surface area contributed by atoms with Crippen LogP contribution in [0.1, 0.15) is 5.56 Å². The first kappa shape index (κ1) is 6.16. The Balaban J connectivity index is 2.52. The summed E-state index contributed by atoms with van der Waals surface area (Å²) in [6.45, 7) is 0. The van der Waals surface area contributed by atoms with Gasteiger partial charge in [-0.15, -0.1) is 0 Å². The quantitative estimate of drug-likeness (QED) is 0.543. The minimum Gasteiger partial charge on any atom is -0.462 e. The molecule has 1 radical (unpaired) electrons. The van der Waals surface area contributed by atoms with Crippen LogP contribution in [0.15, 0.2) is 35.5 Å². The third-order valence-corrected chi connectivity index (χ3v) is 1.44. The molecule has 0 amide bonds. The maximum Gasteiger partial charge on any atom is 0.135 e. The van der Waals surface area contributed by atoms with Gasteiger partial charge in [0, 0.05) is 11.8 Å². The van der Waals surface area contributed by atoms with Gasteiger partial charge in [-0.1, -0.05) is 12.1 Å². The van der Waals surface area contributed by atoms with Gasteiger partial charge in [-0.3, -0.25) is 4.99 Å². The van der Waals surface area contributed by atoms with Gasteiger partial charge in [-0.2, -0.15) is 0 Å². The Bertz CT molecular complexity index is 315. The molecule has 1 aliphatic rings. The number of aliphatic imine (C=N–C) groups is 1. The summed E-state index contributed by atoms with van der Waals surface area (Å²) in [6.07, 6.45) is 5.78. The van der Waals surface area contributed by atoms with Gasteiger partial charge in [0.05, 0.1) is 0 Å². The summed E-state index contributed by atoms with van der Waals surface area (Å²) in [5.41, 5.74) is 0.980. The number of benzene rings is 1. The summed E-state index contributed by atoms with van der Waals surface area (Å²) in [6, 6.07) is 7.70. The van der Waals surface area contributed by atoms with Crippen molar-refractivity contribution in [3.63, 3.8) is 0 Å². The van der Waals surface area contributed by atoms with Crippen molar-refractivity contribution in [3.8, 4) is 5.75 Å². The van der Waals surface area contributed by atoms with Gasteiger partial charge in [-0.25, -0.2) is 0 Å². The molecular weight excluding hydrogens is 138 g/mol. The van der Waals surface area contributed by atoms with E-state index in [1.807, 2.05) is 24.3 Å². The lowest BCUT2D eigenvalue weighted by Crippen LogP contribution is -1.85. The molecule has 0 N–H and O–H groups in total. The fourth-order valence-electron chi connectivity index (χ4n) is 0.922. The molecule has 1 heterocycles. The van der Waals surface area contributed by atoms with Gasteiger partial charge in [0.25, 0.3) is 0 Å². The van der Waals surface area contributed by atoms with Crippen LogP contribution in [-0.2, 0) is 0 Å². The average Bonchev–Trinajstić information content (AvgIpc) is 2.28. The number of nitrogens with zero attached hydrogens (tertiary/aromatic N) is 1. The summed E-state index contributed by atoms with van der Waals surface area (Å²) >= 11 is 0. The number of fused-ring (bicyclic) bond motifs is 1. The third-order valence-electron chi connectivity index (χ3n) is 1.44. The Hall–Kier alpha value is -1.57. The van der Waals surface area contributed by atoms with Gasteiger partial charge < -0.3 is 4.74 Å². The van der Waals surface area contributed by atoms with E-state index in [1.165, 1.54) is 6.26 Å². The Morgan fingerprint density at radius 3 is 3.18 bits per heavy atom. The topological polar surface area (TPSA) is 21.6 Å². The average molecular weight is 144 g/mol. The van der Waals surface area contributed by atoms with Crippen molar-refractivity contribution >= 4 is 6.21 Å². The van der Waals surface area contributed by atoms with Crippen LogP contribution in [0.4, 0.5) is 0 Å². The number of hydrogen-bond acceptors (Lipinski definition) is 2. The number of rotatable bonds is 0. The fourth-order valence-corrected chi connectivity index (χ4v) is 0.922. The zero-order chi connectivity index (χ0) is 7.52. The molecule has 0 saturated heterocycles. The molecule has 1 aromatic rings. The predicted octanol–water partition coefficient (Wildman–Crippen LogP) is 1.77. The Morgan fingerprint density at radius 2 is 2.18 bits per heavy atom. The van der Waals surface area contributed by atoms with E-state index in [9.17, 15) is 0 Å². The molecule has 0 unspecified atom stereocenters. The second kappa shape index (κ2) is 2.58. The highest BCUT2D eigenvalue weighted by atomic mass is 16.5. The van der Waals surface area contributed by atoms with E-state index < -0.39 is 0 Å². The van der Waals surface area contributed by atoms with Crippen LogP contribution in [0.5, 0.6) is 5.75 Å². The molecule has 0 atom stereocenters. The van der Waals surface area contributed by atoms with Crippen molar-refractivity contribution in [2.75, 3.05) is 0 Å². The van der Waals surface area contributed by atoms with E-state index in [2.05, 4.69) is 11.2 Å². The summed E-state index contributed by atoms with van der Waals surface area (Å²) in [5, 5.41) is 0. The maximum atomic E-state index is 5.19. The fraction of sp³-hybridized carbons (Fsp3) is 0. The molecule has 1 aliphatic heterocycles. The minimum absolute atomic E-state index is 0.821. The highest BCUT2D eigenvalue weighted by molar-refractivity contribution is 5.83. The van der Waals surface area contributed by atoms with Gasteiger partial charge in [0.15, 0.2) is 0 Å². The number of hydrogen-bond donors (Lipinski definition) is 0. The van der Waals surface area contributed by atoms with E-state index in [4.69, 9.17) is 4.74 Å². The van der Waals surface area contributed by atoms with E-state index in [-0.39, 0.29) is 0 Å². The van der Waals surface area contributed by atoms with Crippen molar-refractivity contribution in [2.45, 2.75) is 0 Å². The van der Waals surface area contributed by atoms with Gasteiger partial charge in [0.2, 0.25) is 0 Å². The highest BCUT2D eigenvalue weighted by Gasteiger charge is 1.99. The number of para-hydroxylation sites is 1. The number of ether oxygens (including phenoxy) is 1. The standard InChI is InChI=1S/C9H6NO/c1-2-4-9-8(3-1)7-10-5-6-11-9/h1-4,6-7H. The first-order valence-corrected chi connectivity index (χ1v) is 3.33. The Labute approximate surface area is 64.8 Å². The van der Waals surface area contributed by atoms with Gasteiger partial charge in [0.1, 0.15) is 18.2 Å². The van der Waals surface area contributed by atoms with Crippen molar-refractivity contribution in [2.24, 2.45) is 4.99 Å². The summed E-state index contributed by atoms with van der Waals surface area (Å²) in [7, 11) is 0. The molecule has 2 rings (SSSR count). The molecule has 0 bridgehead atoms. The van der Waals surface area contributed by atoms with Crippen molar-refractivity contribution in [3.05, 3.63) is 42.3 Å². The van der Waals surface area contributed by atoms with Crippen LogP contribution >= 0.6 is 0 Å². The molecule has 1 aromatic carbocycles. The second-order valence-electron chi connectivity index (χ2n) is 2.16. The van der Waals surface area contributed by atoms with Crippen LogP contribution in [-0.4, -0.2) is 6.21 Å². The molecule has 2 nitrogen and oxygen atoms in total. The molecule has 0 aliphatic carbocycles. The largest absolute Gasteiger partial charge is 0.462 e. The normalized spacial score (nSPS) is 13.5. The zero-order valence-corrected chi connectivity index (χ0v) is 5.82. The third kappa shape index (κ3) is 1.15. The maximum absolute atomic E-state index is 5.19. The molecule has 0 saturated carbocycles. The zero-order valence-electron chi connectivity index (χ0n) is 5.82. The second-order valence-corrected chi connectivity index (χ2v) is 2.16. The summed E-state index contributed by atoms with van der Waals surface area (Å²) in [5.74, 6) is 0.821. The van der Waals surface area contributed by atoms with E-state index >= 15 is 0 Å². The summed E-state index contributed by atoms with van der Waals surface area (Å²) < 4.78 is 5.19. The van der Waals surface area contributed by atoms with Crippen LogP contribution in [0.2, 0.25) is 0 Å². The molecule has 0 spiro atoms. The SMILES string of the molecule is [C]1=COc2ccccc2C=N1. The molecule has 2 heteroatoms. The monoisotopic (exact) mass is 144 g/mol. The molecule has 11 heavy (non-hydrogen) atoms. The smallest absolute Gasteiger partial charge is 0.135 e. The molecule has 0 aromatic heterocycles. The lowest BCUT2D eigenvalue weighted by atomic mass is 10.2. The van der Waals surface area contributed by atoms with Crippen molar-refractivity contribution in [1.29, 1.82) is 0 Å². The molecular formula is C9H6NO. The molecule has 53 valence electrons. The first-order valence-electron chi connectivity index (χ1n) is 3.33.